The van der Waals surface area contributed by atoms with E-state index >= 15 is 0 Å². The van der Waals surface area contributed by atoms with Crippen LogP contribution < -0.4 is 10.2 Å². The number of hydrogen-bond donors (Lipinski definition) is 1. The van der Waals surface area contributed by atoms with Gasteiger partial charge in [0, 0.05) is 18.4 Å². The molecule has 0 atom stereocenters. The highest BCUT2D eigenvalue weighted by molar-refractivity contribution is 7.80. The number of carbonyl (C=O) groups excluding carboxylic acids is 2. The van der Waals surface area contributed by atoms with Crippen molar-refractivity contribution in [2.24, 2.45) is 7.05 Å². The van der Waals surface area contributed by atoms with E-state index in [2.05, 4.69) is 5.32 Å². The minimum atomic E-state index is -0.471. The lowest BCUT2D eigenvalue weighted by molar-refractivity contribution is -0.122. The minimum Gasteiger partial charge on any atom is -0.352 e. The molecule has 0 aliphatic carbocycles. The second-order valence-corrected chi connectivity index (χ2v) is 7.00. The molecule has 2 aromatic rings. The molecule has 2 heterocycles. The molecule has 1 aromatic heterocycles. The van der Waals surface area contributed by atoms with Crippen LogP contribution in [-0.4, -0.2) is 21.5 Å². The number of benzene rings is 1. The van der Waals surface area contributed by atoms with Crippen molar-refractivity contribution >= 4 is 40.9 Å². The first-order chi connectivity index (χ1) is 12.2. The third-order valence-corrected chi connectivity index (χ3v) is 5.25. The maximum Gasteiger partial charge on any atom is 0.270 e. The van der Waals surface area contributed by atoms with Crippen LogP contribution in [0.4, 0.5) is 5.69 Å². The summed E-state index contributed by atoms with van der Waals surface area (Å²) in [6.07, 6.45) is 1.63. The zero-order chi connectivity index (χ0) is 19.2. The van der Waals surface area contributed by atoms with Crippen molar-refractivity contribution in [2.75, 3.05) is 4.90 Å². The van der Waals surface area contributed by atoms with Crippen LogP contribution in [-0.2, 0) is 16.6 Å². The van der Waals surface area contributed by atoms with Gasteiger partial charge in [0.15, 0.2) is 5.11 Å². The number of anilines is 1. The van der Waals surface area contributed by atoms with Crippen molar-refractivity contribution in [3.05, 3.63) is 57.9 Å². The van der Waals surface area contributed by atoms with Gasteiger partial charge < -0.3 is 4.57 Å². The molecule has 6 heteroatoms. The number of aromatic nitrogens is 1. The van der Waals surface area contributed by atoms with Crippen molar-refractivity contribution in [3.63, 3.8) is 0 Å². The van der Waals surface area contributed by atoms with E-state index in [-0.39, 0.29) is 10.7 Å². The second kappa shape index (κ2) is 6.53. The van der Waals surface area contributed by atoms with Crippen LogP contribution in [0.25, 0.3) is 6.08 Å². The minimum absolute atomic E-state index is 0.0746. The Kier molecular flexibility index (Phi) is 4.54. The van der Waals surface area contributed by atoms with Crippen LogP contribution in [0.3, 0.4) is 0 Å². The molecule has 3 rings (SSSR count). The van der Waals surface area contributed by atoms with Gasteiger partial charge in [0.1, 0.15) is 5.57 Å². The molecule has 0 spiro atoms. The van der Waals surface area contributed by atoms with Crippen LogP contribution in [0.15, 0.2) is 29.8 Å². The summed E-state index contributed by atoms with van der Waals surface area (Å²) in [5, 5.41) is 2.72. The molecule has 1 aliphatic heterocycles. The summed E-state index contributed by atoms with van der Waals surface area (Å²) in [5.74, 6) is -0.885. The standard InChI is InChI=1S/C20H21N3O2S/c1-11-6-7-16(8-12(11)2)23-19(25)17(18(24)21-20(23)26)10-15-9-13(3)22(5)14(15)4/h6-10H,1-5H3,(H,21,24,26)/b17-10+. The van der Waals surface area contributed by atoms with E-state index in [0.29, 0.717) is 5.69 Å². The zero-order valence-corrected chi connectivity index (χ0v) is 16.3. The summed E-state index contributed by atoms with van der Waals surface area (Å²) in [6, 6.07) is 7.62. The smallest absolute Gasteiger partial charge is 0.270 e. The number of nitrogens with one attached hydrogen (secondary N) is 1. The second-order valence-electron chi connectivity index (χ2n) is 6.61. The summed E-state index contributed by atoms with van der Waals surface area (Å²) in [6.45, 7) is 7.91. The SMILES string of the molecule is Cc1ccc(N2C(=O)/C(=C/c3cc(C)n(C)c3C)C(=O)NC2=S)cc1C. The van der Waals surface area contributed by atoms with Gasteiger partial charge in [0.25, 0.3) is 11.8 Å². The van der Waals surface area contributed by atoms with E-state index < -0.39 is 11.8 Å². The molecule has 1 fully saturated rings. The van der Waals surface area contributed by atoms with Gasteiger partial charge in [-0.15, -0.1) is 0 Å². The summed E-state index contributed by atoms with van der Waals surface area (Å²) >= 11 is 5.25. The monoisotopic (exact) mass is 367 g/mol. The Morgan fingerprint density at radius 1 is 1.04 bits per heavy atom. The van der Waals surface area contributed by atoms with Gasteiger partial charge in [-0.3, -0.25) is 19.8 Å². The highest BCUT2D eigenvalue weighted by Gasteiger charge is 2.34. The van der Waals surface area contributed by atoms with Crippen molar-refractivity contribution < 1.29 is 9.59 Å². The van der Waals surface area contributed by atoms with Crippen LogP contribution >= 0.6 is 12.2 Å². The molecular weight excluding hydrogens is 346 g/mol. The van der Waals surface area contributed by atoms with Crippen molar-refractivity contribution in [2.45, 2.75) is 27.7 Å². The van der Waals surface area contributed by atoms with Gasteiger partial charge in [0.2, 0.25) is 0 Å². The number of thiocarbonyl (C=S) groups is 1. The maximum absolute atomic E-state index is 13.1. The average Bonchev–Trinajstić information content (AvgIpc) is 2.81. The molecule has 134 valence electrons. The van der Waals surface area contributed by atoms with Gasteiger partial charge in [-0.1, -0.05) is 6.07 Å². The Morgan fingerprint density at radius 3 is 2.31 bits per heavy atom. The van der Waals surface area contributed by atoms with E-state index in [4.69, 9.17) is 12.2 Å². The zero-order valence-electron chi connectivity index (χ0n) is 15.5. The molecule has 5 nitrogen and oxygen atoms in total. The first kappa shape index (κ1) is 18.1. The Labute approximate surface area is 158 Å². The molecule has 0 saturated carbocycles. The molecule has 1 aliphatic rings. The molecule has 0 unspecified atom stereocenters. The van der Waals surface area contributed by atoms with Crippen molar-refractivity contribution in [3.8, 4) is 0 Å². The number of aryl methyl sites for hydroxylation is 3. The van der Waals surface area contributed by atoms with Gasteiger partial charge in [-0.05, 0) is 80.9 Å². The van der Waals surface area contributed by atoms with E-state index in [1.54, 1.807) is 6.08 Å². The predicted octanol–water partition coefficient (Wildman–Crippen LogP) is 3.09. The molecule has 26 heavy (non-hydrogen) atoms. The van der Waals surface area contributed by atoms with Crippen LogP contribution in [0.1, 0.15) is 28.1 Å². The lowest BCUT2D eigenvalue weighted by Gasteiger charge is -2.29. The third-order valence-electron chi connectivity index (χ3n) is 4.96. The van der Waals surface area contributed by atoms with E-state index in [1.165, 1.54) is 4.90 Å². The molecular formula is C20H21N3O2S. The van der Waals surface area contributed by atoms with Crippen molar-refractivity contribution in [1.29, 1.82) is 0 Å². The Balaban J connectivity index is 2.06. The quantitative estimate of drug-likeness (QED) is 0.504. The van der Waals surface area contributed by atoms with Gasteiger partial charge in [0.05, 0.1) is 5.69 Å². The fourth-order valence-corrected chi connectivity index (χ4v) is 3.22. The molecule has 1 aromatic carbocycles. The van der Waals surface area contributed by atoms with E-state index in [0.717, 1.165) is 28.1 Å². The van der Waals surface area contributed by atoms with Gasteiger partial charge in [-0.25, -0.2) is 0 Å². The Bertz CT molecular complexity index is 985. The predicted molar refractivity (Wildman–Crippen MR) is 107 cm³/mol. The first-order valence-corrected chi connectivity index (χ1v) is 8.73. The Morgan fingerprint density at radius 2 is 1.73 bits per heavy atom. The number of carbonyl (C=O) groups is 2. The number of hydrogen-bond acceptors (Lipinski definition) is 3. The fraction of sp³-hybridized carbons (Fsp3) is 0.250. The average molecular weight is 367 g/mol. The maximum atomic E-state index is 13.1. The van der Waals surface area contributed by atoms with Crippen LogP contribution in [0.5, 0.6) is 0 Å². The van der Waals surface area contributed by atoms with Gasteiger partial charge >= 0.3 is 0 Å². The number of amides is 2. The molecule has 0 bridgehead atoms. The van der Waals surface area contributed by atoms with Crippen molar-refractivity contribution in [1.82, 2.24) is 9.88 Å². The number of nitrogens with zero attached hydrogens (tertiary/aromatic N) is 2. The topological polar surface area (TPSA) is 54.3 Å². The highest BCUT2D eigenvalue weighted by Crippen LogP contribution is 2.25. The van der Waals surface area contributed by atoms with E-state index in [1.807, 2.05) is 63.6 Å². The summed E-state index contributed by atoms with van der Waals surface area (Å²) < 4.78 is 2.02. The van der Waals surface area contributed by atoms with Gasteiger partial charge in [-0.2, -0.15) is 0 Å². The largest absolute Gasteiger partial charge is 0.352 e. The van der Waals surface area contributed by atoms with Crippen LogP contribution in [0.2, 0.25) is 0 Å². The summed E-state index contributed by atoms with van der Waals surface area (Å²) in [4.78, 5) is 26.8. The summed E-state index contributed by atoms with van der Waals surface area (Å²) in [7, 11) is 1.95. The normalized spacial score (nSPS) is 16.4. The number of rotatable bonds is 2. The molecule has 1 N–H and O–H groups in total. The first-order valence-electron chi connectivity index (χ1n) is 8.32. The Hall–Kier alpha value is -2.73. The molecule has 0 radical (unpaired) electrons. The van der Waals surface area contributed by atoms with Crippen LogP contribution in [0, 0.1) is 27.7 Å². The molecule has 2 amide bonds. The van der Waals surface area contributed by atoms with E-state index in [9.17, 15) is 9.59 Å². The lowest BCUT2D eigenvalue weighted by Crippen LogP contribution is -2.54. The summed E-state index contributed by atoms with van der Waals surface area (Å²) in [5.41, 5.74) is 5.78. The molecule has 1 saturated heterocycles. The third kappa shape index (κ3) is 2.97. The highest BCUT2D eigenvalue weighted by atomic mass is 32.1. The fourth-order valence-electron chi connectivity index (χ4n) is 2.94. The lowest BCUT2D eigenvalue weighted by atomic mass is 10.1.